The number of aryl methyl sites for hydroxylation is 1. The zero-order valence-corrected chi connectivity index (χ0v) is 41.9. The molecule has 2 aromatic heterocycles. The Bertz CT molecular complexity index is 3850. The maximum Gasteiger partial charge on any atom is 0.160 e. The Labute approximate surface area is 443 Å². The molecule has 0 spiro atoms. The first-order chi connectivity index (χ1) is 37.6. The predicted octanol–water partition coefficient (Wildman–Crippen LogP) is 19.2. The number of hydrogen-bond donors (Lipinski definition) is 0. The van der Waals surface area contributed by atoms with Crippen LogP contribution in [0.3, 0.4) is 0 Å². The summed E-state index contributed by atoms with van der Waals surface area (Å²) in [6.45, 7) is 2.23. The Morgan fingerprint density at radius 2 is 0.658 bits per heavy atom. The molecule has 13 aromatic rings. The van der Waals surface area contributed by atoms with Gasteiger partial charge in [-0.2, -0.15) is 0 Å². The van der Waals surface area contributed by atoms with Gasteiger partial charge in [-0.05, 0) is 138 Å². The molecule has 0 aliphatic rings. The van der Waals surface area contributed by atoms with Crippen molar-refractivity contribution in [2.24, 2.45) is 0 Å². The summed E-state index contributed by atoms with van der Waals surface area (Å²) < 4.78 is 2.43. The van der Waals surface area contributed by atoms with Crippen molar-refractivity contribution in [3.8, 4) is 61.8 Å². The van der Waals surface area contributed by atoms with Crippen molar-refractivity contribution < 1.29 is 0 Å². The highest BCUT2D eigenvalue weighted by molar-refractivity contribution is 6.12. The second-order valence-electron chi connectivity index (χ2n) is 19.1. The van der Waals surface area contributed by atoms with Crippen LogP contribution in [0.1, 0.15) is 5.56 Å². The molecule has 0 saturated heterocycles. The van der Waals surface area contributed by atoms with Gasteiger partial charge in [-0.1, -0.05) is 188 Å². The summed E-state index contributed by atoms with van der Waals surface area (Å²) in [5.74, 6) is 0.711. The van der Waals surface area contributed by atoms with Crippen LogP contribution in [0.5, 0.6) is 0 Å². The zero-order valence-electron chi connectivity index (χ0n) is 41.9. The van der Waals surface area contributed by atoms with Crippen LogP contribution < -0.4 is 9.80 Å². The summed E-state index contributed by atoms with van der Waals surface area (Å²) in [5.41, 5.74) is 20.7. The Hall–Kier alpha value is -10.1. The second-order valence-corrected chi connectivity index (χ2v) is 19.1. The Morgan fingerprint density at radius 1 is 0.289 bits per heavy atom. The lowest BCUT2D eigenvalue weighted by Crippen LogP contribution is -2.09. The fraction of sp³-hybridized carbons (Fsp3) is 0.0141. The van der Waals surface area contributed by atoms with Gasteiger partial charge in [-0.25, -0.2) is 9.97 Å². The molecule has 0 bridgehead atoms. The lowest BCUT2D eigenvalue weighted by Gasteiger charge is -2.26. The molecule has 13 rings (SSSR count). The standard InChI is InChI=1S/C71H51N5/c1-50-46-61(40-43-64(50)53-36-32-51(33-37-53)52-34-38-55(39-35-52)68-49-67(54-20-8-2-9-21-54)72-71(73-68)56-22-10-3-11-23-56)76-69-44-41-62(74(57-24-12-4-13-25-57)58-26-14-5-15-27-58)47-65(69)66-48-63(42-45-70(66)76)75(59-28-16-6-17-29-59)60-30-18-7-19-31-60/h2-49H,1H3. The van der Waals surface area contributed by atoms with E-state index < -0.39 is 0 Å². The Morgan fingerprint density at radius 3 is 1.08 bits per heavy atom. The van der Waals surface area contributed by atoms with Crippen LogP contribution in [0.4, 0.5) is 34.1 Å². The lowest BCUT2D eigenvalue weighted by atomic mass is 9.96. The van der Waals surface area contributed by atoms with E-state index in [4.69, 9.17) is 9.97 Å². The number of rotatable bonds is 12. The quantitative estimate of drug-likeness (QED) is 0.122. The third-order valence-electron chi connectivity index (χ3n) is 14.3. The van der Waals surface area contributed by atoms with E-state index in [-0.39, 0.29) is 0 Å². The fourth-order valence-corrected chi connectivity index (χ4v) is 10.6. The van der Waals surface area contributed by atoms with Gasteiger partial charge in [0.05, 0.1) is 22.4 Å². The minimum Gasteiger partial charge on any atom is -0.310 e. The van der Waals surface area contributed by atoms with Crippen LogP contribution in [-0.4, -0.2) is 14.5 Å². The maximum atomic E-state index is 5.05. The van der Waals surface area contributed by atoms with Gasteiger partial charge in [0.2, 0.25) is 0 Å². The zero-order chi connectivity index (χ0) is 50.8. The molecule has 0 aliphatic heterocycles. The molecule has 0 N–H and O–H groups in total. The predicted molar refractivity (Wildman–Crippen MR) is 318 cm³/mol. The van der Waals surface area contributed by atoms with Crippen LogP contribution >= 0.6 is 0 Å². The normalized spacial score (nSPS) is 11.2. The third kappa shape index (κ3) is 8.86. The highest BCUT2D eigenvalue weighted by atomic mass is 15.1. The first-order valence-electron chi connectivity index (χ1n) is 25.8. The molecule has 5 heteroatoms. The van der Waals surface area contributed by atoms with Gasteiger partial charge in [0.15, 0.2) is 5.82 Å². The lowest BCUT2D eigenvalue weighted by molar-refractivity contribution is 1.17. The van der Waals surface area contributed by atoms with E-state index in [0.717, 1.165) is 90.1 Å². The van der Waals surface area contributed by atoms with Crippen molar-refractivity contribution in [2.45, 2.75) is 6.92 Å². The molecule has 360 valence electrons. The topological polar surface area (TPSA) is 37.2 Å². The van der Waals surface area contributed by atoms with E-state index in [9.17, 15) is 0 Å². The first-order valence-corrected chi connectivity index (χ1v) is 25.8. The van der Waals surface area contributed by atoms with Crippen molar-refractivity contribution in [1.29, 1.82) is 0 Å². The van der Waals surface area contributed by atoms with Crippen LogP contribution in [0.2, 0.25) is 0 Å². The second kappa shape index (κ2) is 20.1. The van der Waals surface area contributed by atoms with Gasteiger partial charge in [0.1, 0.15) is 0 Å². The van der Waals surface area contributed by atoms with Crippen LogP contribution in [0.25, 0.3) is 83.6 Å². The van der Waals surface area contributed by atoms with Gasteiger partial charge in [-0.3, -0.25) is 0 Å². The summed E-state index contributed by atoms with van der Waals surface area (Å²) in [6, 6.07) is 104. The highest BCUT2D eigenvalue weighted by Gasteiger charge is 2.21. The van der Waals surface area contributed by atoms with Crippen molar-refractivity contribution in [3.05, 3.63) is 297 Å². The van der Waals surface area contributed by atoms with Crippen molar-refractivity contribution in [2.75, 3.05) is 9.80 Å². The maximum absolute atomic E-state index is 5.05. The molecule has 0 atom stereocenters. The molecule has 76 heavy (non-hydrogen) atoms. The van der Waals surface area contributed by atoms with Gasteiger partial charge in [0.25, 0.3) is 0 Å². The molecule has 0 fully saturated rings. The molecular formula is C71H51N5. The van der Waals surface area contributed by atoms with E-state index in [1.165, 1.54) is 27.5 Å². The summed E-state index contributed by atoms with van der Waals surface area (Å²) in [5, 5.41) is 2.34. The molecule has 0 saturated carbocycles. The van der Waals surface area contributed by atoms with Gasteiger partial charge in [-0.15, -0.1) is 0 Å². The molecule has 0 aliphatic carbocycles. The molecule has 0 unspecified atom stereocenters. The van der Waals surface area contributed by atoms with E-state index in [0.29, 0.717) is 5.82 Å². The summed E-state index contributed by atoms with van der Waals surface area (Å²) in [6.07, 6.45) is 0. The average molecular weight is 974 g/mol. The molecule has 2 heterocycles. The average Bonchev–Trinajstić information content (AvgIpc) is 3.84. The summed E-state index contributed by atoms with van der Waals surface area (Å²) in [4.78, 5) is 14.7. The van der Waals surface area contributed by atoms with E-state index in [1.54, 1.807) is 0 Å². The summed E-state index contributed by atoms with van der Waals surface area (Å²) >= 11 is 0. The van der Waals surface area contributed by atoms with Crippen LogP contribution in [0, 0.1) is 6.92 Å². The van der Waals surface area contributed by atoms with Gasteiger partial charge < -0.3 is 14.4 Å². The number of nitrogens with zero attached hydrogens (tertiary/aromatic N) is 5. The monoisotopic (exact) mass is 973 g/mol. The van der Waals surface area contributed by atoms with E-state index in [2.05, 4.69) is 276 Å². The van der Waals surface area contributed by atoms with Gasteiger partial charge >= 0.3 is 0 Å². The highest BCUT2D eigenvalue weighted by Crippen LogP contribution is 2.43. The molecular weight excluding hydrogens is 923 g/mol. The van der Waals surface area contributed by atoms with E-state index in [1.807, 2.05) is 36.4 Å². The molecule has 11 aromatic carbocycles. The largest absolute Gasteiger partial charge is 0.310 e. The number of para-hydroxylation sites is 4. The molecule has 0 radical (unpaired) electrons. The SMILES string of the molecule is Cc1cc(-n2c3ccc(N(c4ccccc4)c4ccccc4)cc3c3cc(N(c4ccccc4)c4ccccc4)ccc32)ccc1-c1ccc(-c2ccc(-c3cc(-c4ccccc4)nc(-c4ccccc4)n3)cc2)cc1. The van der Waals surface area contributed by atoms with Crippen molar-refractivity contribution in [3.63, 3.8) is 0 Å². The minimum absolute atomic E-state index is 0.711. The van der Waals surface area contributed by atoms with Crippen molar-refractivity contribution >= 4 is 55.9 Å². The van der Waals surface area contributed by atoms with Gasteiger partial charge in [0, 0.05) is 67.3 Å². The Balaban J connectivity index is 0.858. The number of benzene rings is 11. The number of aromatic nitrogens is 3. The fourth-order valence-electron chi connectivity index (χ4n) is 10.6. The molecule has 5 nitrogen and oxygen atoms in total. The van der Waals surface area contributed by atoms with Crippen LogP contribution in [-0.2, 0) is 0 Å². The smallest absolute Gasteiger partial charge is 0.160 e. The number of hydrogen-bond acceptors (Lipinski definition) is 4. The number of fused-ring (bicyclic) bond motifs is 3. The first kappa shape index (κ1) is 45.7. The van der Waals surface area contributed by atoms with E-state index >= 15 is 0 Å². The third-order valence-corrected chi connectivity index (χ3v) is 14.3. The van der Waals surface area contributed by atoms with Crippen LogP contribution in [0.15, 0.2) is 291 Å². The summed E-state index contributed by atoms with van der Waals surface area (Å²) in [7, 11) is 0. The number of anilines is 6. The Kier molecular flexibility index (Phi) is 12.1. The minimum atomic E-state index is 0.711. The van der Waals surface area contributed by atoms with Crippen molar-refractivity contribution in [1.82, 2.24) is 14.5 Å². The molecule has 0 amide bonds.